The van der Waals surface area contributed by atoms with Crippen LogP contribution in [-0.2, 0) is 4.74 Å². The average Bonchev–Trinajstić information content (AvgIpc) is 2.22. The summed E-state index contributed by atoms with van der Waals surface area (Å²) in [6.45, 7) is 6.47. The molecule has 1 aliphatic carbocycles. The Morgan fingerprint density at radius 3 is 2.50 bits per heavy atom. The lowest BCUT2D eigenvalue weighted by Gasteiger charge is -2.36. The Kier molecular flexibility index (Phi) is 5.13. The maximum atomic E-state index is 9.54. The van der Waals surface area contributed by atoms with E-state index in [1.165, 1.54) is 5.57 Å². The molecule has 2 unspecified atom stereocenters. The Labute approximate surface area is 125 Å². The van der Waals surface area contributed by atoms with E-state index in [0.29, 0.717) is 9.84 Å². The van der Waals surface area contributed by atoms with E-state index in [4.69, 9.17) is 4.74 Å². The van der Waals surface area contributed by atoms with E-state index in [-0.39, 0.29) is 12.0 Å². The molecule has 2 atom stereocenters. The van der Waals surface area contributed by atoms with E-state index >= 15 is 0 Å². The number of allylic oxidation sites excluding steroid dienone is 2. The number of rotatable bonds is 3. The molecule has 16 heavy (non-hydrogen) atoms. The molecule has 0 heterocycles. The second-order valence-corrected chi connectivity index (χ2v) is 7.34. The Bertz CT molecular complexity index is 332. The van der Waals surface area contributed by atoms with Gasteiger partial charge in [0.05, 0.1) is 17.3 Å². The molecule has 0 aromatic heterocycles. The monoisotopic (exact) mass is 448 g/mol. The van der Waals surface area contributed by atoms with Gasteiger partial charge in [-0.15, -0.1) is 0 Å². The normalized spacial score (nSPS) is 26.8. The molecule has 1 aliphatic rings. The van der Waals surface area contributed by atoms with Crippen LogP contribution in [-0.4, -0.2) is 22.7 Å². The van der Waals surface area contributed by atoms with Crippen molar-refractivity contribution in [3.63, 3.8) is 0 Å². The number of hydrogen-bond acceptors (Lipinski definition) is 2. The minimum absolute atomic E-state index is 0.146. The standard InChI is InChI=1S/C12H18I2O2/c1-7-8(13)5-9(14)11(16-4)10(7)12(2,3)6-15/h5,7-8,15H,6H2,1-4H3. The SMILES string of the molecule is COC1=C(C(C)(C)CO)C(C)C(I)C=C1I. The van der Waals surface area contributed by atoms with Crippen molar-refractivity contribution >= 4 is 45.2 Å². The zero-order valence-corrected chi connectivity index (χ0v) is 14.4. The van der Waals surface area contributed by atoms with Crippen LogP contribution in [0.5, 0.6) is 0 Å². The molecule has 1 N–H and O–H groups in total. The molecular weight excluding hydrogens is 430 g/mol. The van der Waals surface area contributed by atoms with Gasteiger partial charge in [-0.25, -0.2) is 0 Å². The molecule has 0 aromatic carbocycles. The molecule has 0 aromatic rings. The summed E-state index contributed by atoms with van der Waals surface area (Å²) in [4.78, 5) is 0. The van der Waals surface area contributed by atoms with Crippen molar-refractivity contribution in [1.29, 1.82) is 0 Å². The molecule has 0 spiro atoms. The van der Waals surface area contributed by atoms with Crippen LogP contribution < -0.4 is 0 Å². The summed E-state index contributed by atoms with van der Waals surface area (Å²) in [7, 11) is 1.70. The van der Waals surface area contributed by atoms with Crippen molar-refractivity contribution < 1.29 is 9.84 Å². The highest BCUT2D eigenvalue weighted by molar-refractivity contribution is 14.1. The van der Waals surface area contributed by atoms with Crippen LogP contribution in [0.15, 0.2) is 21.0 Å². The van der Waals surface area contributed by atoms with E-state index in [2.05, 4.69) is 72.0 Å². The van der Waals surface area contributed by atoms with Gasteiger partial charge < -0.3 is 9.84 Å². The number of ether oxygens (including phenoxy) is 1. The number of methoxy groups -OCH3 is 1. The van der Waals surface area contributed by atoms with Crippen LogP contribution in [0.2, 0.25) is 0 Å². The van der Waals surface area contributed by atoms with E-state index < -0.39 is 0 Å². The molecular formula is C12H18I2O2. The molecule has 0 saturated carbocycles. The van der Waals surface area contributed by atoms with Crippen LogP contribution in [0.3, 0.4) is 0 Å². The Balaban J connectivity index is 3.31. The highest BCUT2D eigenvalue weighted by Gasteiger charge is 2.36. The molecule has 0 bridgehead atoms. The lowest BCUT2D eigenvalue weighted by molar-refractivity contribution is 0.169. The zero-order valence-electron chi connectivity index (χ0n) is 10.1. The fourth-order valence-corrected chi connectivity index (χ4v) is 4.38. The van der Waals surface area contributed by atoms with Crippen LogP contribution in [0.4, 0.5) is 0 Å². The largest absolute Gasteiger partial charge is 0.496 e. The molecule has 0 fully saturated rings. The molecule has 0 radical (unpaired) electrons. The fraction of sp³-hybridized carbons (Fsp3) is 0.667. The summed E-state index contributed by atoms with van der Waals surface area (Å²) in [5, 5.41) is 9.54. The van der Waals surface area contributed by atoms with Gasteiger partial charge in [0.1, 0.15) is 5.76 Å². The first kappa shape index (κ1) is 14.8. The van der Waals surface area contributed by atoms with Crippen molar-refractivity contribution in [3.8, 4) is 0 Å². The van der Waals surface area contributed by atoms with Crippen molar-refractivity contribution in [3.05, 3.63) is 21.0 Å². The van der Waals surface area contributed by atoms with Crippen LogP contribution >= 0.6 is 45.2 Å². The summed E-state index contributed by atoms with van der Waals surface area (Å²) < 4.78 is 7.12. The minimum Gasteiger partial charge on any atom is -0.496 e. The third kappa shape index (κ3) is 2.75. The number of hydrogen-bond donors (Lipinski definition) is 1. The Morgan fingerprint density at radius 2 is 2.06 bits per heavy atom. The number of halogens is 2. The second-order valence-electron chi connectivity index (χ2n) is 4.74. The van der Waals surface area contributed by atoms with Gasteiger partial charge in [-0.3, -0.25) is 0 Å². The topological polar surface area (TPSA) is 29.5 Å². The number of aliphatic hydroxyl groups is 1. The van der Waals surface area contributed by atoms with Crippen molar-refractivity contribution in [2.24, 2.45) is 11.3 Å². The molecule has 0 aliphatic heterocycles. The maximum Gasteiger partial charge on any atom is 0.132 e. The van der Waals surface area contributed by atoms with Crippen molar-refractivity contribution in [2.75, 3.05) is 13.7 Å². The molecule has 0 amide bonds. The third-order valence-corrected chi connectivity index (χ3v) is 5.32. The van der Waals surface area contributed by atoms with E-state index in [1.54, 1.807) is 7.11 Å². The first-order valence-electron chi connectivity index (χ1n) is 5.26. The summed E-state index contributed by atoms with van der Waals surface area (Å²) >= 11 is 4.75. The number of aliphatic hydroxyl groups excluding tert-OH is 1. The van der Waals surface area contributed by atoms with Gasteiger partial charge in [0.15, 0.2) is 0 Å². The van der Waals surface area contributed by atoms with E-state index in [9.17, 15) is 5.11 Å². The van der Waals surface area contributed by atoms with Gasteiger partial charge in [-0.05, 0) is 34.1 Å². The highest BCUT2D eigenvalue weighted by atomic mass is 127. The molecule has 1 rings (SSSR count). The third-order valence-electron chi connectivity index (χ3n) is 3.03. The van der Waals surface area contributed by atoms with Crippen molar-refractivity contribution in [1.82, 2.24) is 0 Å². The predicted octanol–water partition coefficient (Wildman–Crippen LogP) is 3.68. The van der Waals surface area contributed by atoms with Gasteiger partial charge in [-0.2, -0.15) is 0 Å². The molecule has 0 saturated heterocycles. The number of alkyl halides is 1. The lowest BCUT2D eigenvalue weighted by atomic mass is 9.74. The van der Waals surface area contributed by atoms with Gasteiger partial charge >= 0.3 is 0 Å². The van der Waals surface area contributed by atoms with Crippen LogP contribution in [0, 0.1) is 11.3 Å². The van der Waals surface area contributed by atoms with Crippen molar-refractivity contribution in [2.45, 2.75) is 24.7 Å². The Morgan fingerprint density at radius 1 is 1.50 bits per heavy atom. The maximum absolute atomic E-state index is 9.54. The van der Waals surface area contributed by atoms with E-state index in [0.717, 1.165) is 9.34 Å². The average molecular weight is 448 g/mol. The summed E-state index contributed by atoms with van der Waals surface area (Å²) in [5.74, 6) is 1.34. The lowest BCUT2D eigenvalue weighted by Crippen LogP contribution is -2.31. The highest BCUT2D eigenvalue weighted by Crippen LogP contribution is 2.44. The minimum atomic E-state index is -0.223. The zero-order chi connectivity index (χ0) is 12.5. The van der Waals surface area contributed by atoms with Gasteiger partial charge in [0.25, 0.3) is 0 Å². The summed E-state index contributed by atoms with van der Waals surface area (Å²) in [5.41, 5.74) is 1.00. The quantitative estimate of drug-likeness (QED) is 0.528. The van der Waals surface area contributed by atoms with Gasteiger partial charge in [-0.1, -0.05) is 49.4 Å². The van der Waals surface area contributed by atoms with Crippen LogP contribution in [0.25, 0.3) is 0 Å². The molecule has 92 valence electrons. The van der Waals surface area contributed by atoms with Gasteiger partial charge in [0.2, 0.25) is 0 Å². The molecule has 4 heteroatoms. The smallest absolute Gasteiger partial charge is 0.132 e. The first-order chi connectivity index (χ1) is 7.35. The fourth-order valence-electron chi connectivity index (χ4n) is 2.07. The molecule has 2 nitrogen and oxygen atoms in total. The first-order valence-corrected chi connectivity index (χ1v) is 7.59. The summed E-state index contributed by atoms with van der Waals surface area (Å²) in [6.07, 6.45) is 2.22. The summed E-state index contributed by atoms with van der Waals surface area (Å²) in [6, 6.07) is 0. The predicted molar refractivity (Wildman–Crippen MR) is 84.0 cm³/mol. The van der Waals surface area contributed by atoms with Gasteiger partial charge in [0, 0.05) is 9.34 Å². The Hall–Kier alpha value is 0.700. The second kappa shape index (κ2) is 5.56. The van der Waals surface area contributed by atoms with E-state index in [1.807, 2.05) is 0 Å². The van der Waals surface area contributed by atoms with Crippen LogP contribution in [0.1, 0.15) is 20.8 Å².